The highest BCUT2D eigenvalue weighted by atomic mass is 16.3. The van der Waals surface area contributed by atoms with Crippen molar-refractivity contribution in [3.63, 3.8) is 0 Å². The van der Waals surface area contributed by atoms with Gasteiger partial charge in [-0.25, -0.2) is 0 Å². The Labute approximate surface area is 42.5 Å². The van der Waals surface area contributed by atoms with Crippen LogP contribution >= 0.6 is 0 Å². The Morgan fingerprint density at radius 2 is 2.29 bits per heavy atom. The Morgan fingerprint density at radius 1 is 1.57 bits per heavy atom. The first-order chi connectivity index (χ1) is 3.30. The first-order valence-corrected chi connectivity index (χ1v) is 2.45. The molecule has 1 saturated heterocycles. The summed E-state index contributed by atoms with van der Waals surface area (Å²) in [6, 6.07) is -0.0417. The molecule has 1 unspecified atom stereocenters. The van der Waals surface area contributed by atoms with Crippen LogP contribution in [0.2, 0.25) is 0 Å². The van der Waals surface area contributed by atoms with Crippen molar-refractivity contribution in [3.8, 4) is 0 Å². The highest BCUT2D eigenvalue weighted by Gasteiger charge is 2.19. The quantitative estimate of drug-likeness (QED) is 0.341. The predicted octanol–water partition coefficient (Wildman–Crippen LogP) is -1.72. The van der Waals surface area contributed by atoms with E-state index in [0.29, 0.717) is 6.54 Å². The zero-order chi connectivity index (χ0) is 5.28. The van der Waals surface area contributed by atoms with Crippen LogP contribution in [0.25, 0.3) is 0 Å². The summed E-state index contributed by atoms with van der Waals surface area (Å²) in [5, 5.41) is 11.8. The van der Waals surface area contributed by atoms with Gasteiger partial charge in [-0.3, -0.25) is 0 Å². The number of hydrogen-bond donors (Lipinski definition) is 3. The molecule has 1 rings (SSSR count). The predicted molar refractivity (Wildman–Crippen MR) is 26.9 cm³/mol. The van der Waals surface area contributed by atoms with Gasteiger partial charge in [0.15, 0.2) is 0 Å². The number of nitrogens with two attached hydrogens (primary N) is 1. The molecule has 3 nitrogen and oxygen atoms in total. The van der Waals surface area contributed by atoms with Gasteiger partial charge in [0.05, 0.1) is 6.10 Å². The molecule has 0 spiro atoms. The monoisotopic (exact) mass is 102 g/mol. The number of β-amino-alcohol motifs (C(OH)–C–C–N with tert-alkyl or cyclic N) is 1. The molecule has 1 aliphatic heterocycles. The summed E-state index contributed by atoms with van der Waals surface area (Å²) in [6.45, 7) is 1.41. The molecular formula is C4H10N2O. The molecule has 42 valence electrons. The van der Waals surface area contributed by atoms with Crippen molar-refractivity contribution in [2.24, 2.45) is 5.73 Å². The summed E-state index contributed by atoms with van der Waals surface area (Å²) >= 11 is 0. The van der Waals surface area contributed by atoms with E-state index in [-0.39, 0.29) is 12.1 Å². The van der Waals surface area contributed by atoms with Crippen molar-refractivity contribution in [2.75, 3.05) is 13.1 Å². The molecule has 7 heavy (non-hydrogen) atoms. The van der Waals surface area contributed by atoms with Crippen LogP contribution in [0, 0.1) is 0 Å². The van der Waals surface area contributed by atoms with Gasteiger partial charge in [0.2, 0.25) is 0 Å². The summed E-state index contributed by atoms with van der Waals surface area (Å²) in [5.41, 5.74) is 5.37. The minimum Gasteiger partial charge on any atom is -0.390 e. The van der Waals surface area contributed by atoms with Crippen LogP contribution in [-0.2, 0) is 0 Å². The number of rotatable bonds is 0. The van der Waals surface area contributed by atoms with E-state index in [4.69, 9.17) is 10.8 Å². The van der Waals surface area contributed by atoms with Crippen LogP contribution in [0.3, 0.4) is 0 Å². The van der Waals surface area contributed by atoms with Gasteiger partial charge in [-0.15, -0.1) is 0 Å². The van der Waals surface area contributed by atoms with Crippen molar-refractivity contribution in [2.45, 2.75) is 12.1 Å². The van der Waals surface area contributed by atoms with E-state index in [2.05, 4.69) is 5.32 Å². The number of aliphatic hydroxyl groups excluding tert-OH is 1. The van der Waals surface area contributed by atoms with Crippen LogP contribution in [0.1, 0.15) is 0 Å². The second-order valence-corrected chi connectivity index (χ2v) is 1.89. The van der Waals surface area contributed by atoms with E-state index in [9.17, 15) is 0 Å². The fraction of sp³-hybridized carbons (Fsp3) is 1.00. The first kappa shape index (κ1) is 5.03. The Morgan fingerprint density at radius 3 is 2.43 bits per heavy atom. The lowest BCUT2D eigenvalue weighted by molar-refractivity contribution is 0.179. The van der Waals surface area contributed by atoms with Crippen molar-refractivity contribution >= 4 is 0 Å². The average Bonchev–Trinajstić information content (AvgIpc) is 1.91. The third kappa shape index (κ3) is 0.907. The average molecular weight is 102 g/mol. The van der Waals surface area contributed by atoms with Gasteiger partial charge in [-0.1, -0.05) is 0 Å². The first-order valence-electron chi connectivity index (χ1n) is 2.45. The van der Waals surface area contributed by atoms with Gasteiger partial charge >= 0.3 is 0 Å². The van der Waals surface area contributed by atoms with Crippen LogP contribution in [0.15, 0.2) is 0 Å². The van der Waals surface area contributed by atoms with E-state index in [1.165, 1.54) is 0 Å². The molecule has 4 N–H and O–H groups in total. The molecule has 0 radical (unpaired) electrons. The summed E-state index contributed by atoms with van der Waals surface area (Å²) in [7, 11) is 0. The van der Waals surface area contributed by atoms with E-state index < -0.39 is 0 Å². The highest BCUT2D eigenvalue weighted by molar-refractivity contribution is 4.82. The van der Waals surface area contributed by atoms with Crippen LogP contribution in [-0.4, -0.2) is 30.3 Å². The van der Waals surface area contributed by atoms with Crippen LogP contribution < -0.4 is 11.1 Å². The fourth-order valence-electron chi connectivity index (χ4n) is 0.685. The maximum Gasteiger partial charge on any atom is 0.0827 e. The van der Waals surface area contributed by atoms with E-state index in [1.807, 2.05) is 0 Å². The lowest BCUT2D eigenvalue weighted by Gasteiger charge is -2.02. The van der Waals surface area contributed by atoms with Gasteiger partial charge in [0.25, 0.3) is 0 Å². The summed E-state index contributed by atoms with van der Waals surface area (Å²) < 4.78 is 0. The molecule has 0 aromatic heterocycles. The van der Waals surface area contributed by atoms with Crippen LogP contribution in [0.4, 0.5) is 0 Å². The van der Waals surface area contributed by atoms with Crippen LogP contribution in [0.5, 0.6) is 0 Å². The molecule has 0 bridgehead atoms. The second kappa shape index (κ2) is 1.78. The third-order valence-corrected chi connectivity index (χ3v) is 1.23. The molecule has 0 aromatic carbocycles. The van der Waals surface area contributed by atoms with Crippen molar-refractivity contribution < 1.29 is 5.11 Å². The highest BCUT2D eigenvalue weighted by Crippen LogP contribution is 1.93. The molecular weight excluding hydrogens is 92.1 g/mol. The maximum atomic E-state index is 8.81. The van der Waals surface area contributed by atoms with Crippen molar-refractivity contribution in [1.82, 2.24) is 5.32 Å². The SMILES string of the molecule is NC1CNC[C@@H]1O. The zero-order valence-electron chi connectivity index (χ0n) is 4.09. The minimum atomic E-state index is -0.319. The van der Waals surface area contributed by atoms with Crippen molar-refractivity contribution in [3.05, 3.63) is 0 Å². The van der Waals surface area contributed by atoms with E-state index in [1.54, 1.807) is 0 Å². The molecule has 2 atom stereocenters. The Hall–Kier alpha value is -0.120. The molecule has 3 heteroatoms. The normalized spacial score (nSPS) is 42.0. The molecule has 0 aliphatic carbocycles. The van der Waals surface area contributed by atoms with E-state index in [0.717, 1.165) is 6.54 Å². The molecule has 0 saturated carbocycles. The summed E-state index contributed by atoms with van der Waals surface area (Å²) in [4.78, 5) is 0. The smallest absolute Gasteiger partial charge is 0.0827 e. The molecule has 1 fully saturated rings. The van der Waals surface area contributed by atoms with Crippen molar-refractivity contribution in [1.29, 1.82) is 0 Å². The Kier molecular flexibility index (Phi) is 1.27. The van der Waals surface area contributed by atoms with Gasteiger partial charge in [-0.2, -0.15) is 0 Å². The second-order valence-electron chi connectivity index (χ2n) is 1.89. The van der Waals surface area contributed by atoms with E-state index >= 15 is 0 Å². The Balaban J connectivity index is 2.33. The maximum absolute atomic E-state index is 8.81. The standard InChI is InChI=1S/C4H10N2O/c5-3-1-6-2-4(3)7/h3-4,6-7H,1-2,5H2/t3?,4-/m0/s1. The number of hydrogen-bond acceptors (Lipinski definition) is 3. The minimum absolute atomic E-state index is 0.0417. The summed E-state index contributed by atoms with van der Waals surface area (Å²) in [6.07, 6.45) is -0.319. The molecule has 0 amide bonds. The largest absolute Gasteiger partial charge is 0.390 e. The zero-order valence-corrected chi connectivity index (χ0v) is 4.09. The summed E-state index contributed by atoms with van der Waals surface area (Å²) in [5.74, 6) is 0. The third-order valence-electron chi connectivity index (χ3n) is 1.23. The fourth-order valence-corrected chi connectivity index (χ4v) is 0.685. The van der Waals surface area contributed by atoms with Gasteiger partial charge in [0, 0.05) is 19.1 Å². The van der Waals surface area contributed by atoms with Gasteiger partial charge in [-0.05, 0) is 0 Å². The Bertz CT molecular complexity index is 58.7. The van der Waals surface area contributed by atoms with Gasteiger partial charge < -0.3 is 16.2 Å². The number of nitrogens with one attached hydrogen (secondary N) is 1. The lowest BCUT2D eigenvalue weighted by atomic mass is 10.2. The van der Waals surface area contributed by atoms with Gasteiger partial charge in [0.1, 0.15) is 0 Å². The molecule has 1 aliphatic rings. The number of aliphatic hydroxyl groups is 1. The lowest BCUT2D eigenvalue weighted by Crippen LogP contribution is -2.32. The molecule has 1 heterocycles. The topological polar surface area (TPSA) is 58.3 Å². The molecule has 0 aromatic rings.